The van der Waals surface area contributed by atoms with E-state index in [4.69, 9.17) is 4.74 Å². The number of methoxy groups -OCH3 is 1. The molecule has 0 bridgehead atoms. The summed E-state index contributed by atoms with van der Waals surface area (Å²) in [5.74, 6) is -3.66. The van der Waals surface area contributed by atoms with E-state index in [-0.39, 0.29) is 16.1 Å². The number of aliphatic carboxylic acids is 1. The molecule has 1 atom stereocenters. The minimum Gasteiger partial charge on any atom is -0.497 e. The van der Waals surface area contributed by atoms with Crippen LogP contribution < -0.4 is 14.5 Å². The van der Waals surface area contributed by atoms with Gasteiger partial charge in [-0.2, -0.15) is 0 Å². The lowest BCUT2D eigenvalue weighted by molar-refractivity contribution is -0.140. The Morgan fingerprint density at radius 1 is 1.11 bits per heavy atom. The number of fused-ring (bicyclic) bond motifs is 1. The highest BCUT2D eigenvalue weighted by atomic mass is 32.1. The van der Waals surface area contributed by atoms with Crippen molar-refractivity contribution in [2.75, 3.05) is 36.5 Å². The Balaban J connectivity index is 1.39. The first-order chi connectivity index (χ1) is 18.3. The van der Waals surface area contributed by atoms with Gasteiger partial charge in [0.1, 0.15) is 17.1 Å². The standard InChI is InChI=1S/C28H26F3N3O3S/c1-37-21-8-4-17(5-9-21)10-12-34(28-32-25-24(31)22(29)14-23(30)26(25)38-28)15-18-2-6-20(7-3-18)33-13-11-19(16-33)27(35)36/h2-9,14,19H,10-13,15-16H2,1H3,(H,35,36)/t19-/m0/s1. The SMILES string of the molecule is COc1ccc(CCN(Cc2ccc(N3CC[C@H](C(=O)O)C3)cc2)c2nc3c(F)c(F)cc(F)c3s2)cc1. The molecule has 0 radical (unpaired) electrons. The Bertz CT molecular complexity index is 1440. The van der Waals surface area contributed by atoms with E-state index in [9.17, 15) is 23.1 Å². The van der Waals surface area contributed by atoms with Gasteiger partial charge in [-0.15, -0.1) is 0 Å². The molecular weight excluding hydrogens is 515 g/mol. The lowest BCUT2D eigenvalue weighted by Gasteiger charge is -2.23. The molecule has 0 aliphatic carbocycles. The van der Waals surface area contributed by atoms with Crippen LogP contribution in [0, 0.1) is 23.4 Å². The van der Waals surface area contributed by atoms with Gasteiger partial charge >= 0.3 is 5.97 Å². The summed E-state index contributed by atoms with van der Waals surface area (Å²) in [4.78, 5) is 19.6. The van der Waals surface area contributed by atoms with E-state index in [0.29, 0.717) is 50.2 Å². The average molecular weight is 542 g/mol. The molecule has 38 heavy (non-hydrogen) atoms. The minimum absolute atomic E-state index is 0.0225. The predicted molar refractivity (Wildman–Crippen MR) is 142 cm³/mol. The number of aromatic nitrogens is 1. The van der Waals surface area contributed by atoms with E-state index in [1.165, 1.54) is 0 Å². The predicted octanol–water partition coefficient (Wildman–Crippen LogP) is 5.88. The first kappa shape index (κ1) is 25.8. The van der Waals surface area contributed by atoms with Crippen LogP contribution in [0.2, 0.25) is 0 Å². The van der Waals surface area contributed by atoms with E-state index in [0.717, 1.165) is 33.9 Å². The Labute approximate surface area is 221 Å². The van der Waals surface area contributed by atoms with Crippen molar-refractivity contribution in [3.05, 3.63) is 83.2 Å². The summed E-state index contributed by atoms with van der Waals surface area (Å²) in [5, 5.41) is 9.67. The minimum atomic E-state index is -1.26. The number of benzene rings is 3. The van der Waals surface area contributed by atoms with E-state index in [2.05, 4.69) is 9.88 Å². The number of hydrogen-bond acceptors (Lipinski definition) is 6. The zero-order valence-corrected chi connectivity index (χ0v) is 21.5. The van der Waals surface area contributed by atoms with Gasteiger partial charge in [-0.3, -0.25) is 4.79 Å². The topological polar surface area (TPSA) is 65.9 Å². The Morgan fingerprint density at radius 2 is 1.82 bits per heavy atom. The van der Waals surface area contributed by atoms with Gasteiger partial charge in [0.25, 0.3) is 0 Å². The number of ether oxygens (including phenoxy) is 1. The first-order valence-corrected chi connectivity index (χ1v) is 13.0. The van der Waals surface area contributed by atoms with Gasteiger partial charge in [0, 0.05) is 37.9 Å². The van der Waals surface area contributed by atoms with Crippen molar-refractivity contribution in [3.63, 3.8) is 0 Å². The van der Waals surface area contributed by atoms with Gasteiger partial charge in [0.05, 0.1) is 17.7 Å². The maximum atomic E-state index is 14.4. The third kappa shape index (κ3) is 5.40. The van der Waals surface area contributed by atoms with Crippen molar-refractivity contribution < 1.29 is 27.8 Å². The highest BCUT2D eigenvalue weighted by Crippen LogP contribution is 2.34. The van der Waals surface area contributed by atoms with Gasteiger partial charge < -0.3 is 19.6 Å². The summed E-state index contributed by atoms with van der Waals surface area (Å²) in [6, 6.07) is 16.0. The van der Waals surface area contributed by atoms with Crippen LogP contribution in [0.15, 0.2) is 54.6 Å². The molecule has 6 nitrogen and oxygen atoms in total. The summed E-state index contributed by atoms with van der Waals surface area (Å²) in [5.41, 5.74) is 2.64. The Morgan fingerprint density at radius 3 is 2.47 bits per heavy atom. The summed E-state index contributed by atoms with van der Waals surface area (Å²) in [7, 11) is 1.60. The third-order valence-electron chi connectivity index (χ3n) is 6.82. The first-order valence-electron chi connectivity index (χ1n) is 12.2. The van der Waals surface area contributed by atoms with Gasteiger partial charge in [-0.05, 0) is 48.2 Å². The number of anilines is 2. The molecule has 5 rings (SSSR count). The second kappa shape index (κ2) is 10.9. The van der Waals surface area contributed by atoms with Crippen molar-refractivity contribution in [1.29, 1.82) is 0 Å². The molecule has 0 saturated carbocycles. The van der Waals surface area contributed by atoms with Gasteiger partial charge in [-0.1, -0.05) is 35.6 Å². The summed E-state index contributed by atoms with van der Waals surface area (Å²) in [6.07, 6.45) is 1.25. The second-order valence-corrected chi connectivity index (χ2v) is 10.3. The molecule has 4 aromatic rings. The van der Waals surface area contributed by atoms with Crippen LogP contribution in [0.1, 0.15) is 17.5 Å². The molecule has 2 heterocycles. The number of hydrogen-bond donors (Lipinski definition) is 1. The molecule has 3 aromatic carbocycles. The monoisotopic (exact) mass is 541 g/mol. The van der Waals surface area contributed by atoms with Crippen LogP contribution in [0.5, 0.6) is 5.75 Å². The zero-order valence-electron chi connectivity index (χ0n) is 20.7. The lowest BCUT2D eigenvalue weighted by Crippen LogP contribution is -2.25. The van der Waals surface area contributed by atoms with Crippen molar-refractivity contribution in [3.8, 4) is 5.75 Å². The molecule has 1 aliphatic heterocycles. The number of carboxylic acid groups (broad SMARTS) is 1. The van der Waals surface area contributed by atoms with Gasteiger partial charge in [0.15, 0.2) is 16.8 Å². The maximum absolute atomic E-state index is 14.4. The quantitative estimate of drug-likeness (QED) is 0.267. The fourth-order valence-electron chi connectivity index (χ4n) is 4.64. The smallest absolute Gasteiger partial charge is 0.308 e. The molecule has 0 unspecified atom stereocenters. The molecule has 198 valence electrons. The molecule has 10 heteroatoms. The molecule has 0 amide bonds. The van der Waals surface area contributed by atoms with Crippen LogP contribution in [-0.4, -0.2) is 42.8 Å². The molecule has 1 fully saturated rings. The number of carboxylic acids is 1. The van der Waals surface area contributed by atoms with Crippen molar-refractivity contribution >= 4 is 38.3 Å². The van der Waals surface area contributed by atoms with E-state index in [1.807, 2.05) is 53.4 Å². The highest BCUT2D eigenvalue weighted by Gasteiger charge is 2.28. The maximum Gasteiger partial charge on any atom is 0.308 e. The molecule has 1 aromatic heterocycles. The lowest BCUT2D eigenvalue weighted by atomic mass is 10.1. The summed E-state index contributed by atoms with van der Waals surface area (Å²) < 4.78 is 47.8. The van der Waals surface area contributed by atoms with Gasteiger partial charge in [-0.25, -0.2) is 18.2 Å². The molecule has 1 saturated heterocycles. The second-order valence-electron chi connectivity index (χ2n) is 9.28. The van der Waals surface area contributed by atoms with E-state index >= 15 is 0 Å². The van der Waals surface area contributed by atoms with E-state index < -0.39 is 23.4 Å². The average Bonchev–Trinajstić information content (AvgIpc) is 3.59. The molecule has 1 N–H and O–H groups in total. The Kier molecular flexibility index (Phi) is 7.42. The van der Waals surface area contributed by atoms with Crippen molar-refractivity contribution in [1.82, 2.24) is 4.98 Å². The van der Waals surface area contributed by atoms with Crippen LogP contribution in [0.25, 0.3) is 10.2 Å². The number of halogens is 3. The van der Waals surface area contributed by atoms with E-state index in [1.54, 1.807) is 7.11 Å². The normalized spacial score (nSPS) is 15.3. The number of thiazole rings is 1. The van der Waals surface area contributed by atoms with Crippen LogP contribution in [0.4, 0.5) is 24.0 Å². The van der Waals surface area contributed by atoms with Gasteiger partial charge in [0.2, 0.25) is 0 Å². The summed E-state index contributed by atoms with van der Waals surface area (Å²) >= 11 is 0.991. The Hall–Kier alpha value is -3.79. The van der Waals surface area contributed by atoms with Crippen molar-refractivity contribution in [2.24, 2.45) is 5.92 Å². The van der Waals surface area contributed by atoms with Crippen molar-refractivity contribution in [2.45, 2.75) is 19.4 Å². The fourth-order valence-corrected chi connectivity index (χ4v) is 5.63. The third-order valence-corrected chi connectivity index (χ3v) is 7.94. The fraction of sp³-hybridized carbons (Fsp3) is 0.286. The molecular formula is C28H26F3N3O3S. The number of carbonyl (C=O) groups is 1. The summed E-state index contributed by atoms with van der Waals surface area (Å²) in [6.45, 7) is 2.08. The number of nitrogens with zero attached hydrogens (tertiary/aromatic N) is 3. The largest absolute Gasteiger partial charge is 0.497 e. The molecule has 1 aliphatic rings. The van der Waals surface area contributed by atoms with Crippen LogP contribution >= 0.6 is 11.3 Å². The highest BCUT2D eigenvalue weighted by molar-refractivity contribution is 7.22. The zero-order chi connectivity index (χ0) is 26.8. The van der Waals surface area contributed by atoms with Crippen LogP contribution in [-0.2, 0) is 17.8 Å². The van der Waals surface area contributed by atoms with Crippen LogP contribution in [0.3, 0.4) is 0 Å². The molecule has 0 spiro atoms. The number of rotatable bonds is 9.